The molecular formula is C22H19ClN2. The number of pyridine rings is 1. The Kier molecular flexibility index (Phi) is 4.53. The Hall–Kier alpha value is -2.76. The van der Waals surface area contributed by atoms with Gasteiger partial charge in [-0.1, -0.05) is 42.3 Å². The van der Waals surface area contributed by atoms with Gasteiger partial charge in [0, 0.05) is 22.8 Å². The van der Waals surface area contributed by atoms with Crippen LogP contribution in [0.1, 0.15) is 11.3 Å². The number of terminal acetylenes is 1. The summed E-state index contributed by atoms with van der Waals surface area (Å²) in [7, 11) is 0. The second kappa shape index (κ2) is 6.63. The molecule has 0 aliphatic carbocycles. The molecule has 2 nitrogen and oxygen atoms in total. The molecular weight excluding hydrogens is 328 g/mol. The normalized spacial score (nSPS) is 10.6. The number of fused-ring (bicyclic) bond motifs is 2. The number of aryl methyl sites for hydroxylation is 1. The van der Waals surface area contributed by atoms with Crippen LogP contribution < -0.4 is 0 Å². The lowest BCUT2D eigenvalue weighted by molar-refractivity contribution is 0.841. The molecule has 0 bridgehead atoms. The Morgan fingerprint density at radius 2 is 1.80 bits per heavy atom. The molecule has 0 spiro atoms. The molecule has 124 valence electrons. The fourth-order valence-corrected chi connectivity index (χ4v) is 3.43. The fraction of sp³-hybridized carbons (Fsp3) is 0.136. The molecule has 0 radical (unpaired) electrons. The lowest BCUT2D eigenvalue weighted by Crippen LogP contribution is -2.00. The van der Waals surface area contributed by atoms with Gasteiger partial charge in [-0.05, 0) is 42.3 Å². The summed E-state index contributed by atoms with van der Waals surface area (Å²) in [5.74, 6) is 2.77. The predicted molar refractivity (Wildman–Crippen MR) is 108 cm³/mol. The average molecular weight is 347 g/mol. The number of hydrogen-bond acceptors (Lipinski definition) is 1. The average Bonchev–Trinajstić information content (AvgIpc) is 2.87. The summed E-state index contributed by atoms with van der Waals surface area (Å²) in [5.41, 5.74) is 5.71. The van der Waals surface area contributed by atoms with Gasteiger partial charge in [-0.2, -0.15) is 0 Å². The van der Waals surface area contributed by atoms with Gasteiger partial charge in [0.25, 0.3) is 0 Å². The van der Waals surface area contributed by atoms with E-state index in [1.807, 2.05) is 6.20 Å². The number of nitrogens with zero attached hydrogens (tertiary/aromatic N) is 2. The van der Waals surface area contributed by atoms with E-state index in [1.54, 1.807) is 0 Å². The van der Waals surface area contributed by atoms with Gasteiger partial charge in [-0.3, -0.25) is 4.98 Å². The van der Waals surface area contributed by atoms with E-state index in [2.05, 4.69) is 72.9 Å². The highest BCUT2D eigenvalue weighted by atomic mass is 35.5. The van der Waals surface area contributed by atoms with Crippen LogP contribution in [0.2, 0.25) is 0 Å². The van der Waals surface area contributed by atoms with E-state index in [4.69, 9.17) is 11.4 Å². The molecule has 0 atom stereocenters. The number of benzene rings is 2. The SMILES string of the molecule is C#CCn1c(C)c(C)c2ccnc(-c3ccc4ccccc4c3)c21.Cl. The van der Waals surface area contributed by atoms with Gasteiger partial charge in [0.05, 0.1) is 17.8 Å². The van der Waals surface area contributed by atoms with Crippen LogP contribution in [0.4, 0.5) is 0 Å². The molecule has 0 amide bonds. The quantitative estimate of drug-likeness (QED) is 0.436. The van der Waals surface area contributed by atoms with Gasteiger partial charge >= 0.3 is 0 Å². The third-order valence-corrected chi connectivity index (χ3v) is 4.82. The van der Waals surface area contributed by atoms with Gasteiger partial charge in [-0.15, -0.1) is 18.8 Å². The molecule has 0 N–H and O–H groups in total. The van der Waals surface area contributed by atoms with Crippen LogP contribution in [0, 0.1) is 26.2 Å². The monoisotopic (exact) mass is 346 g/mol. The number of aromatic nitrogens is 2. The third-order valence-electron chi connectivity index (χ3n) is 4.82. The van der Waals surface area contributed by atoms with E-state index in [-0.39, 0.29) is 12.4 Å². The summed E-state index contributed by atoms with van der Waals surface area (Å²) < 4.78 is 2.20. The van der Waals surface area contributed by atoms with Crippen LogP contribution in [0.3, 0.4) is 0 Å². The first-order valence-corrected chi connectivity index (χ1v) is 8.07. The molecule has 4 rings (SSSR count). The van der Waals surface area contributed by atoms with Crippen LogP contribution in [-0.2, 0) is 6.54 Å². The number of hydrogen-bond donors (Lipinski definition) is 0. The van der Waals surface area contributed by atoms with Crippen LogP contribution in [-0.4, -0.2) is 9.55 Å². The predicted octanol–water partition coefficient (Wildman–Crippen LogP) is 5.53. The molecule has 2 heterocycles. The highest BCUT2D eigenvalue weighted by Gasteiger charge is 2.15. The molecule has 0 saturated carbocycles. The lowest BCUT2D eigenvalue weighted by atomic mass is 10.0. The number of halogens is 1. The standard InChI is InChI=1S/C22H18N2.ClH/c1-4-13-24-16(3)15(2)20-11-12-23-21(22(20)24)19-10-9-17-7-5-6-8-18(17)14-19;/h1,5-12,14H,13H2,2-3H3;1H. The molecule has 0 unspecified atom stereocenters. The first-order chi connectivity index (χ1) is 11.7. The zero-order valence-electron chi connectivity index (χ0n) is 14.3. The van der Waals surface area contributed by atoms with Crippen molar-refractivity contribution in [1.29, 1.82) is 0 Å². The maximum absolute atomic E-state index is 5.60. The van der Waals surface area contributed by atoms with Crippen molar-refractivity contribution in [3.8, 4) is 23.6 Å². The Bertz CT molecular complexity index is 1120. The molecule has 2 aromatic heterocycles. The molecule has 0 aliphatic rings. The topological polar surface area (TPSA) is 17.8 Å². The van der Waals surface area contributed by atoms with Crippen LogP contribution in [0.15, 0.2) is 54.7 Å². The largest absolute Gasteiger partial charge is 0.331 e. The molecule has 25 heavy (non-hydrogen) atoms. The van der Waals surface area contributed by atoms with E-state index in [0.717, 1.165) is 16.8 Å². The highest BCUT2D eigenvalue weighted by molar-refractivity contribution is 5.97. The summed E-state index contributed by atoms with van der Waals surface area (Å²) in [6.07, 6.45) is 7.49. The van der Waals surface area contributed by atoms with Gasteiger partial charge in [0.2, 0.25) is 0 Å². The Morgan fingerprint density at radius 1 is 1.04 bits per heavy atom. The lowest BCUT2D eigenvalue weighted by Gasteiger charge is -2.09. The van der Waals surface area contributed by atoms with Gasteiger partial charge < -0.3 is 4.57 Å². The summed E-state index contributed by atoms with van der Waals surface area (Å²) in [6.45, 7) is 4.83. The summed E-state index contributed by atoms with van der Waals surface area (Å²) >= 11 is 0. The first kappa shape index (κ1) is 17.1. The molecule has 4 aromatic rings. The van der Waals surface area contributed by atoms with Crippen molar-refractivity contribution in [2.45, 2.75) is 20.4 Å². The third kappa shape index (κ3) is 2.67. The molecule has 0 fully saturated rings. The minimum atomic E-state index is 0. The zero-order chi connectivity index (χ0) is 16.7. The number of rotatable bonds is 2. The molecule has 2 aromatic carbocycles. The second-order valence-corrected chi connectivity index (χ2v) is 6.12. The van der Waals surface area contributed by atoms with E-state index < -0.39 is 0 Å². The smallest absolute Gasteiger partial charge is 0.0945 e. The Morgan fingerprint density at radius 3 is 2.56 bits per heavy atom. The van der Waals surface area contributed by atoms with Gasteiger partial charge in [0.1, 0.15) is 0 Å². The Balaban J connectivity index is 0.00000182. The van der Waals surface area contributed by atoms with Crippen molar-refractivity contribution in [3.05, 3.63) is 66.0 Å². The minimum Gasteiger partial charge on any atom is -0.331 e. The maximum Gasteiger partial charge on any atom is 0.0945 e. The summed E-state index contributed by atoms with van der Waals surface area (Å²) in [4.78, 5) is 4.69. The van der Waals surface area contributed by atoms with E-state index in [1.165, 1.54) is 27.4 Å². The van der Waals surface area contributed by atoms with Crippen LogP contribution in [0.25, 0.3) is 32.9 Å². The summed E-state index contributed by atoms with van der Waals surface area (Å²) in [6, 6.07) is 17.0. The van der Waals surface area contributed by atoms with Crippen LogP contribution >= 0.6 is 12.4 Å². The van der Waals surface area contributed by atoms with E-state index >= 15 is 0 Å². The van der Waals surface area contributed by atoms with E-state index in [9.17, 15) is 0 Å². The minimum absolute atomic E-state index is 0. The van der Waals surface area contributed by atoms with Crippen molar-refractivity contribution >= 4 is 34.1 Å². The van der Waals surface area contributed by atoms with Crippen molar-refractivity contribution in [2.75, 3.05) is 0 Å². The van der Waals surface area contributed by atoms with Crippen molar-refractivity contribution in [3.63, 3.8) is 0 Å². The Labute approximate surface area is 153 Å². The van der Waals surface area contributed by atoms with Gasteiger partial charge in [0.15, 0.2) is 0 Å². The zero-order valence-corrected chi connectivity index (χ0v) is 15.1. The maximum atomic E-state index is 5.60. The second-order valence-electron chi connectivity index (χ2n) is 6.12. The molecule has 0 saturated heterocycles. The van der Waals surface area contributed by atoms with Crippen molar-refractivity contribution < 1.29 is 0 Å². The van der Waals surface area contributed by atoms with E-state index in [0.29, 0.717) is 6.54 Å². The van der Waals surface area contributed by atoms with Crippen molar-refractivity contribution in [1.82, 2.24) is 9.55 Å². The summed E-state index contributed by atoms with van der Waals surface area (Å²) in [5, 5.41) is 3.68. The molecule has 0 aliphatic heterocycles. The fourth-order valence-electron chi connectivity index (χ4n) is 3.43. The van der Waals surface area contributed by atoms with Crippen LogP contribution in [0.5, 0.6) is 0 Å². The highest BCUT2D eigenvalue weighted by Crippen LogP contribution is 2.33. The first-order valence-electron chi connectivity index (χ1n) is 8.07. The van der Waals surface area contributed by atoms with Crippen molar-refractivity contribution in [2.24, 2.45) is 0 Å². The molecule has 3 heteroatoms. The van der Waals surface area contributed by atoms with Gasteiger partial charge in [-0.25, -0.2) is 0 Å².